The SMILES string of the molecule is CN(C)c1cnnc(N2CCN(S(=O)(=O)Cc3ccc(Cl)cc3)CC2)c1. The lowest BCUT2D eigenvalue weighted by Gasteiger charge is -2.34. The Morgan fingerprint density at radius 2 is 1.77 bits per heavy atom. The van der Waals surface area contributed by atoms with Gasteiger partial charge in [-0.2, -0.15) is 9.40 Å². The summed E-state index contributed by atoms with van der Waals surface area (Å²) in [4.78, 5) is 4.03. The Morgan fingerprint density at radius 3 is 2.38 bits per heavy atom. The fraction of sp³-hybridized carbons (Fsp3) is 0.412. The summed E-state index contributed by atoms with van der Waals surface area (Å²) in [6.45, 7) is 2.05. The minimum atomic E-state index is -3.36. The predicted octanol–water partition coefficient (Wildman–Crippen LogP) is 1.85. The van der Waals surface area contributed by atoms with E-state index in [1.54, 1.807) is 34.8 Å². The quantitative estimate of drug-likeness (QED) is 0.769. The van der Waals surface area contributed by atoms with Crippen molar-refractivity contribution in [3.05, 3.63) is 47.1 Å². The first kappa shape index (κ1) is 18.9. The Balaban J connectivity index is 1.64. The van der Waals surface area contributed by atoms with Crippen molar-refractivity contribution >= 4 is 33.1 Å². The van der Waals surface area contributed by atoms with Gasteiger partial charge >= 0.3 is 0 Å². The summed E-state index contributed by atoms with van der Waals surface area (Å²) >= 11 is 5.86. The van der Waals surface area contributed by atoms with Crippen molar-refractivity contribution in [2.24, 2.45) is 0 Å². The van der Waals surface area contributed by atoms with Crippen molar-refractivity contribution in [2.45, 2.75) is 5.75 Å². The number of piperazine rings is 1. The summed E-state index contributed by atoms with van der Waals surface area (Å²) < 4.78 is 26.9. The van der Waals surface area contributed by atoms with Crippen LogP contribution in [0.5, 0.6) is 0 Å². The third-order valence-corrected chi connectivity index (χ3v) is 6.46. The maximum atomic E-state index is 12.7. The lowest BCUT2D eigenvalue weighted by Crippen LogP contribution is -2.49. The Hall–Kier alpha value is -1.90. The van der Waals surface area contributed by atoms with Gasteiger partial charge < -0.3 is 9.80 Å². The lowest BCUT2D eigenvalue weighted by molar-refractivity contribution is 0.383. The molecule has 0 unspecified atom stereocenters. The maximum absolute atomic E-state index is 12.7. The Bertz CT molecular complexity index is 850. The molecule has 7 nitrogen and oxygen atoms in total. The lowest BCUT2D eigenvalue weighted by atomic mass is 10.2. The van der Waals surface area contributed by atoms with Gasteiger partial charge in [0.25, 0.3) is 0 Å². The van der Waals surface area contributed by atoms with Crippen LogP contribution in [-0.2, 0) is 15.8 Å². The topological polar surface area (TPSA) is 69.6 Å². The normalized spacial score (nSPS) is 15.9. The van der Waals surface area contributed by atoms with Gasteiger partial charge in [-0.15, -0.1) is 5.10 Å². The molecular weight excluding hydrogens is 374 g/mol. The minimum Gasteiger partial charge on any atom is -0.376 e. The molecule has 0 radical (unpaired) electrons. The largest absolute Gasteiger partial charge is 0.376 e. The molecule has 2 heterocycles. The van der Waals surface area contributed by atoms with Crippen molar-refractivity contribution in [3.63, 3.8) is 0 Å². The van der Waals surface area contributed by atoms with Crippen LogP contribution in [0.3, 0.4) is 0 Å². The number of nitrogens with zero attached hydrogens (tertiary/aromatic N) is 5. The summed E-state index contributed by atoms with van der Waals surface area (Å²) in [5.74, 6) is 0.756. The summed E-state index contributed by atoms with van der Waals surface area (Å²) in [7, 11) is 0.536. The zero-order valence-electron chi connectivity index (χ0n) is 14.8. The van der Waals surface area contributed by atoms with E-state index >= 15 is 0 Å². The Labute approximate surface area is 159 Å². The van der Waals surface area contributed by atoms with Gasteiger partial charge in [-0.3, -0.25) is 0 Å². The van der Waals surface area contributed by atoms with Crippen LogP contribution in [0, 0.1) is 0 Å². The predicted molar refractivity (Wildman–Crippen MR) is 104 cm³/mol. The molecule has 0 amide bonds. The van der Waals surface area contributed by atoms with E-state index in [-0.39, 0.29) is 5.75 Å². The standard InChI is InChI=1S/C17H22ClN5O2S/c1-21(2)16-11-17(20-19-12-16)22-7-9-23(10-8-22)26(24,25)13-14-3-5-15(18)6-4-14/h3-6,11-12H,7-10,13H2,1-2H3. The first-order chi connectivity index (χ1) is 12.3. The zero-order chi connectivity index (χ0) is 18.7. The summed E-state index contributed by atoms with van der Waals surface area (Å²) in [6.07, 6.45) is 1.70. The number of anilines is 2. The summed E-state index contributed by atoms with van der Waals surface area (Å²) in [5, 5.41) is 8.81. The Morgan fingerprint density at radius 1 is 1.12 bits per heavy atom. The highest BCUT2D eigenvalue weighted by Crippen LogP contribution is 2.21. The molecular formula is C17H22ClN5O2S. The van der Waals surface area contributed by atoms with Gasteiger partial charge in [-0.25, -0.2) is 8.42 Å². The molecule has 0 bridgehead atoms. The number of benzene rings is 1. The van der Waals surface area contributed by atoms with E-state index in [2.05, 4.69) is 15.1 Å². The highest BCUT2D eigenvalue weighted by atomic mass is 35.5. The molecule has 0 spiro atoms. The number of hydrogen-bond donors (Lipinski definition) is 0. The van der Waals surface area contributed by atoms with Crippen LogP contribution in [0.15, 0.2) is 36.5 Å². The third kappa shape index (κ3) is 4.44. The van der Waals surface area contributed by atoms with Crippen molar-refractivity contribution < 1.29 is 8.42 Å². The van der Waals surface area contributed by atoms with Crippen LogP contribution in [0.1, 0.15) is 5.56 Å². The van der Waals surface area contributed by atoms with Gasteiger partial charge in [-0.1, -0.05) is 23.7 Å². The molecule has 1 aliphatic heterocycles. The second-order valence-electron chi connectivity index (χ2n) is 6.44. The van der Waals surface area contributed by atoms with Gasteiger partial charge in [-0.05, 0) is 17.7 Å². The second-order valence-corrected chi connectivity index (χ2v) is 8.84. The van der Waals surface area contributed by atoms with Crippen LogP contribution in [0.25, 0.3) is 0 Å². The van der Waals surface area contributed by atoms with Crippen LogP contribution in [0.2, 0.25) is 5.02 Å². The molecule has 1 aromatic heterocycles. The molecule has 1 aromatic carbocycles. The monoisotopic (exact) mass is 395 g/mol. The minimum absolute atomic E-state index is 0.0138. The molecule has 1 aliphatic rings. The Kier molecular flexibility index (Phi) is 5.64. The van der Waals surface area contributed by atoms with E-state index in [0.29, 0.717) is 31.2 Å². The van der Waals surface area contributed by atoms with Crippen LogP contribution in [0.4, 0.5) is 11.5 Å². The molecule has 2 aromatic rings. The molecule has 1 fully saturated rings. The van der Waals surface area contributed by atoms with E-state index in [0.717, 1.165) is 17.1 Å². The van der Waals surface area contributed by atoms with Crippen LogP contribution in [-0.4, -0.2) is 63.2 Å². The van der Waals surface area contributed by atoms with E-state index in [1.807, 2.05) is 25.1 Å². The smallest absolute Gasteiger partial charge is 0.218 e. The first-order valence-corrected chi connectivity index (χ1v) is 10.3. The average Bonchev–Trinajstić information content (AvgIpc) is 2.64. The van der Waals surface area contributed by atoms with E-state index in [9.17, 15) is 8.42 Å². The third-order valence-electron chi connectivity index (χ3n) is 4.36. The van der Waals surface area contributed by atoms with Crippen molar-refractivity contribution in [1.29, 1.82) is 0 Å². The molecule has 26 heavy (non-hydrogen) atoms. The van der Waals surface area contributed by atoms with E-state index in [1.165, 1.54) is 0 Å². The zero-order valence-corrected chi connectivity index (χ0v) is 16.4. The molecule has 140 valence electrons. The number of hydrogen-bond acceptors (Lipinski definition) is 6. The molecule has 0 saturated carbocycles. The fourth-order valence-corrected chi connectivity index (χ4v) is 4.46. The van der Waals surface area contributed by atoms with Crippen molar-refractivity contribution in [1.82, 2.24) is 14.5 Å². The summed E-state index contributed by atoms with van der Waals surface area (Å²) in [6, 6.07) is 8.88. The molecule has 0 atom stereocenters. The summed E-state index contributed by atoms with van der Waals surface area (Å²) in [5.41, 5.74) is 1.70. The van der Waals surface area contributed by atoms with Gasteiger partial charge in [0, 0.05) is 51.4 Å². The molecule has 9 heteroatoms. The number of aromatic nitrogens is 2. The van der Waals surface area contributed by atoms with E-state index < -0.39 is 10.0 Å². The van der Waals surface area contributed by atoms with Gasteiger partial charge in [0.2, 0.25) is 10.0 Å². The van der Waals surface area contributed by atoms with Crippen molar-refractivity contribution in [2.75, 3.05) is 50.1 Å². The highest BCUT2D eigenvalue weighted by molar-refractivity contribution is 7.88. The van der Waals surface area contributed by atoms with Gasteiger partial charge in [0.1, 0.15) is 0 Å². The number of halogens is 1. The molecule has 0 aliphatic carbocycles. The number of rotatable bonds is 5. The van der Waals surface area contributed by atoms with Gasteiger partial charge in [0.15, 0.2) is 5.82 Å². The number of sulfonamides is 1. The molecule has 3 rings (SSSR count). The van der Waals surface area contributed by atoms with E-state index in [4.69, 9.17) is 11.6 Å². The molecule has 1 saturated heterocycles. The molecule has 0 N–H and O–H groups in total. The highest BCUT2D eigenvalue weighted by Gasteiger charge is 2.27. The van der Waals surface area contributed by atoms with Gasteiger partial charge in [0.05, 0.1) is 17.6 Å². The first-order valence-electron chi connectivity index (χ1n) is 8.32. The van der Waals surface area contributed by atoms with Crippen LogP contribution >= 0.6 is 11.6 Å². The second kappa shape index (κ2) is 7.77. The van der Waals surface area contributed by atoms with Crippen molar-refractivity contribution in [3.8, 4) is 0 Å². The van der Waals surface area contributed by atoms with Crippen LogP contribution < -0.4 is 9.80 Å². The maximum Gasteiger partial charge on any atom is 0.218 e. The average molecular weight is 396 g/mol. The fourth-order valence-electron chi connectivity index (χ4n) is 2.82.